The van der Waals surface area contributed by atoms with E-state index in [1.165, 1.54) is 5.56 Å². The molecular weight excluding hydrogens is 202 g/mol. The summed E-state index contributed by atoms with van der Waals surface area (Å²) in [5, 5.41) is 12.3. The molecule has 0 saturated heterocycles. The lowest BCUT2D eigenvalue weighted by Gasteiger charge is -2.07. The van der Waals surface area contributed by atoms with Crippen LogP contribution in [0.5, 0.6) is 0 Å². The quantitative estimate of drug-likeness (QED) is 0.657. The first-order valence-electron chi connectivity index (χ1n) is 5.79. The van der Waals surface area contributed by atoms with E-state index in [-0.39, 0.29) is 6.10 Å². The van der Waals surface area contributed by atoms with E-state index in [1.54, 1.807) is 6.92 Å². The Kier molecular flexibility index (Phi) is 6.81. The average Bonchev–Trinajstić information content (AvgIpc) is 2.29. The minimum Gasteiger partial charge on any atom is -0.393 e. The second-order valence-corrected chi connectivity index (χ2v) is 3.93. The molecule has 0 aliphatic rings. The Morgan fingerprint density at radius 3 is 2.69 bits per heavy atom. The van der Waals surface area contributed by atoms with Crippen LogP contribution in [0.15, 0.2) is 30.3 Å². The predicted octanol–water partition coefficient (Wildman–Crippen LogP) is 1.56. The van der Waals surface area contributed by atoms with Gasteiger partial charge in [0, 0.05) is 6.54 Å². The topological polar surface area (TPSA) is 41.5 Å². The summed E-state index contributed by atoms with van der Waals surface area (Å²) in [7, 11) is 0. The van der Waals surface area contributed by atoms with Gasteiger partial charge in [-0.25, -0.2) is 0 Å². The molecule has 1 aromatic carbocycles. The predicted molar refractivity (Wildman–Crippen MR) is 65.3 cm³/mol. The van der Waals surface area contributed by atoms with Crippen molar-refractivity contribution in [2.45, 2.75) is 26.1 Å². The molecule has 0 spiro atoms. The van der Waals surface area contributed by atoms with Gasteiger partial charge in [-0.2, -0.15) is 0 Å². The molecule has 1 unspecified atom stereocenters. The van der Waals surface area contributed by atoms with Crippen LogP contribution < -0.4 is 5.32 Å². The zero-order valence-corrected chi connectivity index (χ0v) is 9.86. The molecule has 0 radical (unpaired) electrons. The lowest BCUT2D eigenvalue weighted by Crippen LogP contribution is -2.23. The Morgan fingerprint density at radius 1 is 1.25 bits per heavy atom. The molecule has 3 nitrogen and oxygen atoms in total. The molecular formula is C13H21NO2. The second-order valence-electron chi connectivity index (χ2n) is 3.93. The van der Waals surface area contributed by atoms with Crippen LogP contribution in [-0.4, -0.2) is 30.9 Å². The maximum Gasteiger partial charge on any atom is 0.0717 e. The van der Waals surface area contributed by atoms with E-state index in [9.17, 15) is 0 Å². The third kappa shape index (κ3) is 6.56. The van der Waals surface area contributed by atoms with Crippen LogP contribution >= 0.6 is 0 Å². The van der Waals surface area contributed by atoms with Crippen LogP contribution in [0.2, 0.25) is 0 Å². The van der Waals surface area contributed by atoms with E-state index < -0.39 is 0 Å². The molecule has 16 heavy (non-hydrogen) atoms. The van der Waals surface area contributed by atoms with Gasteiger partial charge in [0.2, 0.25) is 0 Å². The third-order valence-corrected chi connectivity index (χ3v) is 2.27. The fraction of sp³-hybridized carbons (Fsp3) is 0.538. The highest BCUT2D eigenvalue weighted by atomic mass is 16.5. The molecule has 1 rings (SSSR count). The summed E-state index contributed by atoms with van der Waals surface area (Å²) in [6.07, 6.45) is 0.566. The van der Waals surface area contributed by atoms with Crippen molar-refractivity contribution in [1.82, 2.24) is 5.32 Å². The summed E-state index contributed by atoms with van der Waals surface area (Å²) < 4.78 is 5.50. The normalized spacial score (nSPS) is 12.6. The van der Waals surface area contributed by atoms with Gasteiger partial charge in [0.05, 0.1) is 19.3 Å². The second kappa shape index (κ2) is 8.28. The van der Waals surface area contributed by atoms with Crippen LogP contribution in [0, 0.1) is 0 Å². The molecule has 3 heteroatoms. The van der Waals surface area contributed by atoms with E-state index in [2.05, 4.69) is 17.4 Å². The minimum atomic E-state index is -0.224. The molecule has 0 saturated carbocycles. The monoisotopic (exact) mass is 223 g/mol. The van der Waals surface area contributed by atoms with Crippen molar-refractivity contribution in [3.63, 3.8) is 0 Å². The standard InChI is InChI=1S/C13H21NO2/c1-12(15)7-8-14-9-10-16-11-13-5-3-2-4-6-13/h2-6,12,14-15H,7-11H2,1H3. The smallest absolute Gasteiger partial charge is 0.0717 e. The van der Waals surface area contributed by atoms with E-state index in [0.717, 1.165) is 19.5 Å². The lowest BCUT2D eigenvalue weighted by molar-refractivity contribution is 0.121. The maximum atomic E-state index is 9.03. The molecule has 0 aliphatic carbocycles. The molecule has 1 aromatic rings. The fourth-order valence-electron chi connectivity index (χ4n) is 1.34. The Labute approximate surface area is 97.4 Å². The molecule has 0 amide bonds. The maximum absolute atomic E-state index is 9.03. The van der Waals surface area contributed by atoms with Crippen molar-refractivity contribution in [3.05, 3.63) is 35.9 Å². The first-order chi connectivity index (χ1) is 7.79. The largest absolute Gasteiger partial charge is 0.393 e. The van der Waals surface area contributed by atoms with Crippen molar-refractivity contribution >= 4 is 0 Å². The highest BCUT2D eigenvalue weighted by Crippen LogP contribution is 1.99. The highest BCUT2D eigenvalue weighted by Gasteiger charge is 1.95. The molecule has 1 atom stereocenters. The van der Waals surface area contributed by atoms with Gasteiger partial charge in [-0.15, -0.1) is 0 Å². The van der Waals surface area contributed by atoms with E-state index in [4.69, 9.17) is 9.84 Å². The minimum absolute atomic E-state index is 0.224. The first-order valence-corrected chi connectivity index (χ1v) is 5.79. The summed E-state index contributed by atoms with van der Waals surface area (Å²) in [5.41, 5.74) is 1.20. The number of nitrogens with one attached hydrogen (secondary N) is 1. The van der Waals surface area contributed by atoms with Gasteiger partial charge in [0.25, 0.3) is 0 Å². The van der Waals surface area contributed by atoms with Crippen LogP contribution in [-0.2, 0) is 11.3 Å². The van der Waals surface area contributed by atoms with Gasteiger partial charge in [0.1, 0.15) is 0 Å². The van der Waals surface area contributed by atoms with Gasteiger partial charge >= 0.3 is 0 Å². The third-order valence-electron chi connectivity index (χ3n) is 2.27. The van der Waals surface area contributed by atoms with Crippen molar-refractivity contribution in [1.29, 1.82) is 0 Å². The fourth-order valence-corrected chi connectivity index (χ4v) is 1.34. The van der Waals surface area contributed by atoms with Crippen molar-refractivity contribution in [2.75, 3.05) is 19.7 Å². The number of rotatable bonds is 8. The molecule has 0 fully saturated rings. The van der Waals surface area contributed by atoms with E-state index in [0.29, 0.717) is 13.2 Å². The SMILES string of the molecule is CC(O)CCNCCOCc1ccccc1. The zero-order valence-electron chi connectivity index (χ0n) is 9.86. The summed E-state index contributed by atoms with van der Waals surface area (Å²) in [4.78, 5) is 0. The highest BCUT2D eigenvalue weighted by molar-refractivity contribution is 5.13. The molecule has 0 heterocycles. The summed E-state index contributed by atoms with van der Waals surface area (Å²) >= 11 is 0. The van der Waals surface area contributed by atoms with Gasteiger partial charge in [-0.05, 0) is 25.5 Å². The Balaban J connectivity index is 1.93. The lowest BCUT2D eigenvalue weighted by atomic mass is 10.2. The summed E-state index contributed by atoms with van der Waals surface area (Å²) in [6.45, 7) is 4.84. The van der Waals surface area contributed by atoms with Crippen LogP contribution in [0.4, 0.5) is 0 Å². The molecule has 0 aromatic heterocycles. The van der Waals surface area contributed by atoms with Gasteiger partial charge in [-0.3, -0.25) is 0 Å². The number of ether oxygens (including phenoxy) is 1. The Bertz CT molecular complexity index is 262. The first kappa shape index (κ1) is 13.2. The van der Waals surface area contributed by atoms with Gasteiger partial charge < -0.3 is 15.2 Å². The van der Waals surface area contributed by atoms with Gasteiger partial charge in [0.15, 0.2) is 0 Å². The zero-order chi connectivity index (χ0) is 11.6. The van der Waals surface area contributed by atoms with E-state index in [1.807, 2.05) is 18.2 Å². The molecule has 0 aliphatic heterocycles. The Morgan fingerprint density at radius 2 is 2.00 bits per heavy atom. The molecule has 2 N–H and O–H groups in total. The van der Waals surface area contributed by atoms with Crippen molar-refractivity contribution in [3.8, 4) is 0 Å². The summed E-state index contributed by atoms with van der Waals surface area (Å²) in [5.74, 6) is 0. The van der Waals surface area contributed by atoms with E-state index >= 15 is 0 Å². The van der Waals surface area contributed by atoms with Crippen LogP contribution in [0.3, 0.4) is 0 Å². The number of aliphatic hydroxyl groups is 1. The molecule has 0 bridgehead atoms. The van der Waals surface area contributed by atoms with Gasteiger partial charge in [-0.1, -0.05) is 30.3 Å². The van der Waals surface area contributed by atoms with Crippen LogP contribution in [0.25, 0.3) is 0 Å². The average molecular weight is 223 g/mol. The summed E-state index contributed by atoms with van der Waals surface area (Å²) in [6, 6.07) is 10.1. The van der Waals surface area contributed by atoms with Crippen LogP contribution in [0.1, 0.15) is 18.9 Å². The van der Waals surface area contributed by atoms with Crippen molar-refractivity contribution < 1.29 is 9.84 Å². The number of hydrogen-bond donors (Lipinski definition) is 2. The number of hydrogen-bond acceptors (Lipinski definition) is 3. The Hall–Kier alpha value is -0.900. The number of aliphatic hydroxyl groups excluding tert-OH is 1. The number of benzene rings is 1. The van der Waals surface area contributed by atoms with Crippen molar-refractivity contribution in [2.24, 2.45) is 0 Å². The molecule has 90 valence electrons.